The van der Waals surface area contributed by atoms with E-state index in [1.807, 2.05) is 0 Å². The molecular formula is C7H14N2. The number of hydrogen-bond donors (Lipinski definition) is 2. The summed E-state index contributed by atoms with van der Waals surface area (Å²) >= 11 is 0. The zero-order chi connectivity index (χ0) is 6.27. The molecule has 1 aliphatic carbocycles. The van der Waals surface area contributed by atoms with Gasteiger partial charge in [0.25, 0.3) is 0 Å². The Morgan fingerprint density at radius 1 is 1.33 bits per heavy atom. The first-order chi connectivity index (χ1) is 4.39. The smallest absolute Gasteiger partial charge is 0.0115 e. The van der Waals surface area contributed by atoms with E-state index in [0.29, 0.717) is 6.04 Å². The highest BCUT2D eigenvalue weighted by molar-refractivity contribution is 5.02. The number of fused-ring (bicyclic) bond motifs is 1. The SMILES string of the molecule is NC1C2CCCNCC12. The third-order valence-corrected chi connectivity index (χ3v) is 2.67. The van der Waals surface area contributed by atoms with Crippen LogP contribution in [0.25, 0.3) is 0 Å². The van der Waals surface area contributed by atoms with Crippen LogP contribution in [0.4, 0.5) is 0 Å². The summed E-state index contributed by atoms with van der Waals surface area (Å²) in [6, 6.07) is 0.540. The zero-order valence-corrected chi connectivity index (χ0v) is 5.64. The maximum absolute atomic E-state index is 5.80. The molecule has 0 bridgehead atoms. The average molecular weight is 126 g/mol. The second kappa shape index (κ2) is 1.96. The Morgan fingerprint density at radius 3 is 3.11 bits per heavy atom. The molecule has 3 atom stereocenters. The van der Waals surface area contributed by atoms with Crippen molar-refractivity contribution in [3.63, 3.8) is 0 Å². The number of nitrogens with one attached hydrogen (secondary N) is 1. The van der Waals surface area contributed by atoms with E-state index < -0.39 is 0 Å². The van der Waals surface area contributed by atoms with Crippen molar-refractivity contribution >= 4 is 0 Å². The topological polar surface area (TPSA) is 38.0 Å². The molecule has 9 heavy (non-hydrogen) atoms. The summed E-state index contributed by atoms with van der Waals surface area (Å²) in [6.07, 6.45) is 2.69. The van der Waals surface area contributed by atoms with Crippen molar-refractivity contribution in [3.05, 3.63) is 0 Å². The zero-order valence-electron chi connectivity index (χ0n) is 5.64. The minimum Gasteiger partial charge on any atom is -0.327 e. The minimum atomic E-state index is 0.540. The van der Waals surface area contributed by atoms with Crippen LogP contribution >= 0.6 is 0 Å². The first kappa shape index (κ1) is 5.69. The van der Waals surface area contributed by atoms with Crippen molar-refractivity contribution in [2.45, 2.75) is 18.9 Å². The molecule has 2 fully saturated rings. The van der Waals surface area contributed by atoms with Crippen molar-refractivity contribution in [2.75, 3.05) is 13.1 Å². The molecule has 0 aromatic rings. The van der Waals surface area contributed by atoms with Gasteiger partial charge in [0, 0.05) is 6.04 Å². The Labute approximate surface area is 55.8 Å². The third kappa shape index (κ3) is 0.864. The molecule has 0 aromatic carbocycles. The summed E-state index contributed by atoms with van der Waals surface area (Å²) in [5.41, 5.74) is 5.80. The quantitative estimate of drug-likeness (QED) is 0.477. The molecule has 3 unspecified atom stereocenters. The summed E-state index contributed by atoms with van der Waals surface area (Å²) in [4.78, 5) is 0. The van der Waals surface area contributed by atoms with Gasteiger partial charge in [-0.1, -0.05) is 0 Å². The number of nitrogens with two attached hydrogens (primary N) is 1. The maximum atomic E-state index is 5.80. The van der Waals surface area contributed by atoms with Gasteiger partial charge in [-0.05, 0) is 37.8 Å². The van der Waals surface area contributed by atoms with E-state index in [4.69, 9.17) is 5.73 Å². The van der Waals surface area contributed by atoms with E-state index in [0.717, 1.165) is 11.8 Å². The van der Waals surface area contributed by atoms with Gasteiger partial charge >= 0.3 is 0 Å². The van der Waals surface area contributed by atoms with Gasteiger partial charge in [-0.3, -0.25) is 0 Å². The Bertz CT molecular complexity index is 101. The largest absolute Gasteiger partial charge is 0.327 e. The lowest BCUT2D eigenvalue weighted by Crippen LogP contribution is -2.20. The minimum absolute atomic E-state index is 0.540. The molecule has 0 radical (unpaired) electrons. The molecule has 52 valence electrons. The summed E-state index contributed by atoms with van der Waals surface area (Å²) in [5, 5.41) is 3.39. The Balaban J connectivity index is 1.93. The molecule has 0 spiro atoms. The Kier molecular flexibility index (Phi) is 1.24. The first-order valence-electron chi connectivity index (χ1n) is 3.86. The lowest BCUT2D eigenvalue weighted by atomic mass is 10.2. The first-order valence-corrected chi connectivity index (χ1v) is 3.86. The van der Waals surface area contributed by atoms with Crippen LogP contribution in [0.5, 0.6) is 0 Å². The second-order valence-electron chi connectivity index (χ2n) is 3.25. The molecule has 1 aliphatic heterocycles. The summed E-state index contributed by atoms with van der Waals surface area (Å²) in [7, 11) is 0. The van der Waals surface area contributed by atoms with Crippen molar-refractivity contribution in [3.8, 4) is 0 Å². The highest BCUT2D eigenvalue weighted by Crippen LogP contribution is 2.41. The van der Waals surface area contributed by atoms with Gasteiger partial charge in [0.2, 0.25) is 0 Å². The maximum Gasteiger partial charge on any atom is 0.0115 e. The standard InChI is InChI=1S/C7H14N2/c8-7-5-2-1-3-9-4-6(5)7/h5-7,9H,1-4,8H2. The molecule has 2 nitrogen and oxygen atoms in total. The number of hydrogen-bond acceptors (Lipinski definition) is 2. The van der Waals surface area contributed by atoms with E-state index >= 15 is 0 Å². The van der Waals surface area contributed by atoms with Crippen LogP contribution in [0.15, 0.2) is 0 Å². The van der Waals surface area contributed by atoms with Gasteiger partial charge in [0.1, 0.15) is 0 Å². The van der Waals surface area contributed by atoms with E-state index in [1.54, 1.807) is 0 Å². The summed E-state index contributed by atoms with van der Waals surface area (Å²) in [6.45, 7) is 2.38. The molecule has 2 heteroatoms. The monoisotopic (exact) mass is 126 g/mol. The van der Waals surface area contributed by atoms with Crippen LogP contribution in [-0.4, -0.2) is 19.1 Å². The van der Waals surface area contributed by atoms with E-state index in [1.165, 1.54) is 25.9 Å². The highest BCUT2D eigenvalue weighted by atomic mass is 14.9. The highest BCUT2D eigenvalue weighted by Gasteiger charge is 2.46. The third-order valence-electron chi connectivity index (χ3n) is 2.67. The molecule has 1 heterocycles. The van der Waals surface area contributed by atoms with Crippen molar-refractivity contribution < 1.29 is 0 Å². The van der Waals surface area contributed by atoms with Gasteiger partial charge in [0.15, 0.2) is 0 Å². The van der Waals surface area contributed by atoms with Crippen LogP contribution in [-0.2, 0) is 0 Å². The normalized spacial score (nSPS) is 49.7. The van der Waals surface area contributed by atoms with Gasteiger partial charge in [-0.2, -0.15) is 0 Å². The molecule has 1 saturated heterocycles. The molecule has 2 rings (SSSR count). The van der Waals surface area contributed by atoms with Crippen LogP contribution in [0.2, 0.25) is 0 Å². The van der Waals surface area contributed by atoms with Crippen LogP contribution in [0.3, 0.4) is 0 Å². The predicted octanol–water partition coefficient (Wildman–Crippen LogP) is -0.0569. The second-order valence-corrected chi connectivity index (χ2v) is 3.25. The fourth-order valence-electron chi connectivity index (χ4n) is 1.90. The number of rotatable bonds is 0. The van der Waals surface area contributed by atoms with Crippen LogP contribution < -0.4 is 11.1 Å². The molecule has 0 aromatic heterocycles. The molecule has 0 amide bonds. The lowest BCUT2D eigenvalue weighted by Gasteiger charge is -1.98. The predicted molar refractivity (Wildman–Crippen MR) is 37.1 cm³/mol. The molecule has 2 aliphatic rings. The van der Waals surface area contributed by atoms with Crippen molar-refractivity contribution in [1.29, 1.82) is 0 Å². The van der Waals surface area contributed by atoms with E-state index in [2.05, 4.69) is 5.32 Å². The van der Waals surface area contributed by atoms with Gasteiger partial charge in [-0.25, -0.2) is 0 Å². The van der Waals surface area contributed by atoms with Gasteiger partial charge < -0.3 is 11.1 Å². The van der Waals surface area contributed by atoms with Gasteiger partial charge in [-0.15, -0.1) is 0 Å². The Hall–Kier alpha value is -0.0800. The fraction of sp³-hybridized carbons (Fsp3) is 1.00. The van der Waals surface area contributed by atoms with Crippen LogP contribution in [0.1, 0.15) is 12.8 Å². The van der Waals surface area contributed by atoms with Crippen molar-refractivity contribution in [2.24, 2.45) is 17.6 Å². The summed E-state index contributed by atoms with van der Waals surface area (Å²) in [5.74, 6) is 1.70. The average Bonchev–Trinajstić information content (AvgIpc) is 2.51. The molecule has 3 N–H and O–H groups in total. The van der Waals surface area contributed by atoms with Crippen molar-refractivity contribution in [1.82, 2.24) is 5.32 Å². The van der Waals surface area contributed by atoms with E-state index in [9.17, 15) is 0 Å². The Morgan fingerprint density at radius 2 is 2.22 bits per heavy atom. The van der Waals surface area contributed by atoms with Crippen LogP contribution in [0, 0.1) is 11.8 Å². The molecule has 1 saturated carbocycles. The summed E-state index contributed by atoms with van der Waals surface area (Å²) < 4.78 is 0. The van der Waals surface area contributed by atoms with Gasteiger partial charge in [0.05, 0.1) is 0 Å². The molecular weight excluding hydrogens is 112 g/mol. The van der Waals surface area contributed by atoms with E-state index in [-0.39, 0.29) is 0 Å². The fourth-order valence-corrected chi connectivity index (χ4v) is 1.90. The lowest BCUT2D eigenvalue weighted by molar-refractivity contribution is 0.626.